The molecule has 0 saturated carbocycles. The van der Waals surface area contributed by atoms with Gasteiger partial charge in [0.2, 0.25) is 0 Å². The second-order valence-corrected chi connectivity index (χ2v) is 5.13. The van der Waals surface area contributed by atoms with Crippen LogP contribution in [0.5, 0.6) is 0 Å². The Bertz CT molecular complexity index is 264. The van der Waals surface area contributed by atoms with Crippen LogP contribution in [-0.4, -0.2) is 34.7 Å². The number of aliphatic hydroxyl groups is 1. The van der Waals surface area contributed by atoms with Crippen LogP contribution in [0.1, 0.15) is 52.9 Å². The van der Waals surface area contributed by atoms with Crippen molar-refractivity contribution in [3.8, 4) is 11.8 Å². The molecule has 1 N–H and O–H groups in total. The summed E-state index contributed by atoms with van der Waals surface area (Å²) < 4.78 is 0. The lowest BCUT2D eigenvalue weighted by atomic mass is 9.90. The van der Waals surface area contributed by atoms with E-state index in [4.69, 9.17) is 0 Å². The van der Waals surface area contributed by atoms with E-state index >= 15 is 0 Å². The highest BCUT2D eigenvalue weighted by molar-refractivity contribution is 4.97. The maximum absolute atomic E-state index is 10.5. The smallest absolute Gasteiger partial charge is 0.0669 e. The molecular formula is C14H25NO. The highest BCUT2D eigenvalue weighted by Gasteiger charge is 2.29. The molecule has 16 heavy (non-hydrogen) atoms. The lowest BCUT2D eigenvalue weighted by molar-refractivity contribution is 0.0176. The Morgan fingerprint density at radius 1 is 1.31 bits per heavy atom. The van der Waals surface area contributed by atoms with E-state index in [0.717, 1.165) is 45.2 Å². The first-order valence-electron chi connectivity index (χ1n) is 6.43. The van der Waals surface area contributed by atoms with Crippen LogP contribution in [0, 0.1) is 11.8 Å². The fourth-order valence-electron chi connectivity index (χ4n) is 2.39. The number of likely N-dealkylation sites (tertiary alicyclic amines) is 1. The van der Waals surface area contributed by atoms with E-state index in [1.165, 1.54) is 0 Å². The van der Waals surface area contributed by atoms with Crippen LogP contribution in [0.2, 0.25) is 0 Å². The summed E-state index contributed by atoms with van der Waals surface area (Å²) >= 11 is 0. The molecule has 1 aliphatic rings. The summed E-state index contributed by atoms with van der Waals surface area (Å²) in [5.41, 5.74) is -0.465. The fourth-order valence-corrected chi connectivity index (χ4v) is 2.39. The van der Waals surface area contributed by atoms with Gasteiger partial charge in [0, 0.05) is 19.0 Å². The predicted octanol–water partition coefficient (Wildman–Crippen LogP) is 2.42. The van der Waals surface area contributed by atoms with Crippen LogP contribution >= 0.6 is 0 Å². The van der Waals surface area contributed by atoms with Crippen molar-refractivity contribution in [3.05, 3.63) is 0 Å². The second-order valence-electron chi connectivity index (χ2n) is 5.13. The van der Waals surface area contributed by atoms with E-state index in [0.29, 0.717) is 6.04 Å². The van der Waals surface area contributed by atoms with E-state index in [2.05, 4.69) is 30.6 Å². The Balaban J connectivity index is 2.46. The first-order chi connectivity index (χ1) is 7.57. The van der Waals surface area contributed by atoms with Crippen molar-refractivity contribution in [2.24, 2.45) is 0 Å². The van der Waals surface area contributed by atoms with Gasteiger partial charge in [-0.3, -0.25) is 0 Å². The topological polar surface area (TPSA) is 23.5 Å². The van der Waals surface area contributed by atoms with Crippen molar-refractivity contribution in [1.82, 2.24) is 4.90 Å². The molecule has 1 rings (SSSR count). The zero-order valence-electron chi connectivity index (χ0n) is 10.9. The maximum atomic E-state index is 10.5. The summed E-state index contributed by atoms with van der Waals surface area (Å²) in [4.78, 5) is 2.46. The standard InChI is InChI=1S/C14H25NO/c1-4-5-6-8-14(16)9-7-11-15(12-10-14)13(2)3/h13,16H,6-12H2,1-3H3. The maximum Gasteiger partial charge on any atom is 0.0669 e. The molecule has 1 saturated heterocycles. The van der Waals surface area contributed by atoms with Gasteiger partial charge in [-0.25, -0.2) is 0 Å². The fraction of sp³-hybridized carbons (Fsp3) is 0.857. The van der Waals surface area contributed by atoms with Crippen LogP contribution in [0.4, 0.5) is 0 Å². The third-order valence-corrected chi connectivity index (χ3v) is 3.57. The van der Waals surface area contributed by atoms with Crippen molar-refractivity contribution in [2.75, 3.05) is 13.1 Å². The molecule has 0 aromatic carbocycles. The van der Waals surface area contributed by atoms with Gasteiger partial charge in [0.05, 0.1) is 5.60 Å². The molecule has 0 aromatic heterocycles. The normalized spacial score (nSPS) is 27.3. The number of hydrogen-bond donors (Lipinski definition) is 1. The number of nitrogens with zero attached hydrogens (tertiary/aromatic N) is 1. The zero-order valence-corrected chi connectivity index (χ0v) is 10.9. The molecule has 1 aliphatic heterocycles. The monoisotopic (exact) mass is 223 g/mol. The summed E-state index contributed by atoms with van der Waals surface area (Å²) in [6.45, 7) is 8.46. The van der Waals surface area contributed by atoms with Crippen molar-refractivity contribution in [3.63, 3.8) is 0 Å². The van der Waals surface area contributed by atoms with Gasteiger partial charge in [-0.15, -0.1) is 11.8 Å². The van der Waals surface area contributed by atoms with Crippen molar-refractivity contribution in [2.45, 2.75) is 64.5 Å². The van der Waals surface area contributed by atoms with Crippen LogP contribution in [0.15, 0.2) is 0 Å². The number of hydrogen-bond acceptors (Lipinski definition) is 2. The molecule has 0 bridgehead atoms. The van der Waals surface area contributed by atoms with Gasteiger partial charge in [0.1, 0.15) is 0 Å². The van der Waals surface area contributed by atoms with E-state index in [9.17, 15) is 5.11 Å². The average Bonchev–Trinajstić information content (AvgIpc) is 2.41. The molecule has 0 spiro atoms. The van der Waals surface area contributed by atoms with Gasteiger partial charge in [-0.05, 0) is 53.0 Å². The minimum absolute atomic E-state index is 0.465. The largest absolute Gasteiger partial charge is 0.390 e. The number of rotatable bonds is 3. The molecule has 0 radical (unpaired) electrons. The van der Waals surface area contributed by atoms with E-state index in [-0.39, 0.29) is 0 Å². The molecule has 0 amide bonds. The average molecular weight is 223 g/mol. The zero-order chi connectivity index (χ0) is 12.0. The van der Waals surface area contributed by atoms with Gasteiger partial charge in [0.25, 0.3) is 0 Å². The van der Waals surface area contributed by atoms with Crippen LogP contribution < -0.4 is 0 Å². The van der Waals surface area contributed by atoms with E-state index in [1.807, 2.05) is 6.92 Å². The van der Waals surface area contributed by atoms with Gasteiger partial charge in [-0.2, -0.15) is 0 Å². The summed E-state index contributed by atoms with van der Waals surface area (Å²) in [6.07, 6.45) is 4.60. The minimum atomic E-state index is -0.465. The van der Waals surface area contributed by atoms with E-state index in [1.54, 1.807) is 0 Å². The molecule has 92 valence electrons. The van der Waals surface area contributed by atoms with Crippen LogP contribution in [-0.2, 0) is 0 Å². The Morgan fingerprint density at radius 2 is 2.06 bits per heavy atom. The Kier molecular flexibility index (Phi) is 5.31. The van der Waals surface area contributed by atoms with E-state index < -0.39 is 5.60 Å². The third-order valence-electron chi connectivity index (χ3n) is 3.57. The molecule has 2 nitrogen and oxygen atoms in total. The van der Waals surface area contributed by atoms with Gasteiger partial charge in [-0.1, -0.05) is 0 Å². The third kappa shape index (κ3) is 4.15. The highest BCUT2D eigenvalue weighted by atomic mass is 16.3. The summed E-state index contributed by atoms with van der Waals surface area (Å²) in [5.74, 6) is 5.95. The molecule has 1 atom stereocenters. The van der Waals surface area contributed by atoms with Crippen LogP contribution in [0.3, 0.4) is 0 Å². The second kappa shape index (κ2) is 6.27. The Labute approximate surface area is 100 Å². The first kappa shape index (κ1) is 13.5. The van der Waals surface area contributed by atoms with Gasteiger partial charge >= 0.3 is 0 Å². The lowest BCUT2D eigenvalue weighted by Crippen LogP contribution is -2.34. The molecule has 1 heterocycles. The first-order valence-corrected chi connectivity index (χ1v) is 6.43. The molecule has 0 aliphatic carbocycles. The van der Waals surface area contributed by atoms with Gasteiger partial charge in [0.15, 0.2) is 0 Å². The van der Waals surface area contributed by atoms with Crippen molar-refractivity contribution >= 4 is 0 Å². The predicted molar refractivity (Wildman–Crippen MR) is 68.2 cm³/mol. The Hall–Kier alpha value is -0.520. The lowest BCUT2D eigenvalue weighted by Gasteiger charge is -2.27. The Morgan fingerprint density at radius 3 is 2.69 bits per heavy atom. The summed E-state index contributed by atoms with van der Waals surface area (Å²) in [5, 5.41) is 10.5. The molecule has 2 heteroatoms. The minimum Gasteiger partial charge on any atom is -0.390 e. The molecule has 1 fully saturated rings. The van der Waals surface area contributed by atoms with Crippen molar-refractivity contribution < 1.29 is 5.11 Å². The van der Waals surface area contributed by atoms with Crippen LogP contribution in [0.25, 0.3) is 0 Å². The molecular weight excluding hydrogens is 198 g/mol. The van der Waals surface area contributed by atoms with Gasteiger partial charge < -0.3 is 10.0 Å². The summed E-state index contributed by atoms with van der Waals surface area (Å²) in [6, 6.07) is 0.595. The quantitative estimate of drug-likeness (QED) is 0.743. The summed E-state index contributed by atoms with van der Waals surface area (Å²) in [7, 11) is 0. The molecule has 1 unspecified atom stereocenters. The highest BCUT2D eigenvalue weighted by Crippen LogP contribution is 2.27. The molecule has 0 aromatic rings. The van der Waals surface area contributed by atoms with Crippen molar-refractivity contribution in [1.29, 1.82) is 0 Å². The SMILES string of the molecule is CC#CCCC1(O)CCCN(C(C)C)CC1.